The summed E-state index contributed by atoms with van der Waals surface area (Å²) in [6, 6.07) is 0. The summed E-state index contributed by atoms with van der Waals surface area (Å²) in [7, 11) is 0. The summed E-state index contributed by atoms with van der Waals surface area (Å²) in [4.78, 5) is 12.1. The molecule has 1 aliphatic heterocycles. The fourth-order valence-corrected chi connectivity index (χ4v) is 9.14. The van der Waals surface area contributed by atoms with Crippen LogP contribution in [0.4, 0.5) is 0 Å². The number of ketones is 1. The molecule has 0 aromatic rings. The second-order valence-electron chi connectivity index (χ2n) is 10.5. The molecule has 0 amide bonds. The largest absolute Gasteiger partial charge is 0.366 e. The Balaban J connectivity index is 1.45. The highest BCUT2D eigenvalue weighted by Gasteiger charge is 2.77. The number of hydrogen-bond donors (Lipinski definition) is 0. The molecule has 6 aliphatic rings. The molecule has 2 nitrogen and oxygen atoms in total. The van der Waals surface area contributed by atoms with E-state index in [0.29, 0.717) is 11.2 Å². The molecule has 5 aliphatic carbocycles. The predicted octanol–water partition coefficient (Wildman–Crippen LogP) is 5.48. The standard InChI is InChI=1S/C25H34O2/c1-3-15-12-16-13-17(26)6-7-18(16)19-8-10-24(4-2)23(22(15)19)20-14-21(20)25(24)9-5-11-27-25/h5,9,15,19-23H,3-4,6-8,10-14H2,1-2H3/t15?,19?,20?,21?,22?,23?,24-,25-/m0/s1. The molecular weight excluding hydrogens is 332 g/mol. The van der Waals surface area contributed by atoms with Crippen molar-refractivity contribution in [2.75, 3.05) is 6.61 Å². The number of hydrogen-bond acceptors (Lipinski definition) is 2. The number of Topliss-reactive ketones (excluding diaryl/α,β-unsaturated/α-hetero) is 1. The van der Waals surface area contributed by atoms with Gasteiger partial charge in [-0.15, -0.1) is 0 Å². The number of rotatable bonds is 2. The number of carbonyl (C=O) groups is 1. The summed E-state index contributed by atoms with van der Waals surface area (Å²) in [5.41, 5.74) is 3.76. The molecule has 0 radical (unpaired) electrons. The van der Waals surface area contributed by atoms with Gasteiger partial charge in [0.15, 0.2) is 0 Å². The van der Waals surface area contributed by atoms with Crippen molar-refractivity contribution in [2.24, 2.45) is 40.9 Å². The first-order valence-corrected chi connectivity index (χ1v) is 11.7. The van der Waals surface area contributed by atoms with Crippen molar-refractivity contribution < 1.29 is 9.53 Å². The van der Waals surface area contributed by atoms with E-state index in [1.165, 1.54) is 38.5 Å². The second-order valence-corrected chi connectivity index (χ2v) is 10.5. The van der Waals surface area contributed by atoms with Gasteiger partial charge in [0.25, 0.3) is 0 Å². The molecule has 8 atom stereocenters. The summed E-state index contributed by atoms with van der Waals surface area (Å²) in [5.74, 6) is 5.46. The molecule has 2 heteroatoms. The maximum Gasteiger partial charge on any atom is 0.137 e. The lowest BCUT2D eigenvalue weighted by Gasteiger charge is -2.59. The van der Waals surface area contributed by atoms with Gasteiger partial charge in [-0.3, -0.25) is 4.79 Å². The van der Waals surface area contributed by atoms with Crippen LogP contribution in [0.5, 0.6) is 0 Å². The van der Waals surface area contributed by atoms with Crippen LogP contribution < -0.4 is 0 Å². The van der Waals surface area contributed by atoms with E-state index in [-0.39, 0.29) is 5.60 Å². The SMILES string of the molecule is CCC1CC2=C(CCC(=O)C2)C2CC[C@@]3(CC)C(C4CC4[C@@]34C=CCO4)C12. The Morgan fingerprint density at radius 2 is 2.15 bits per heavy atom. The highest BCUT2D eigenvalue weighted by molar-refractivity contribution is 5.82. The number of ether oxygens (including phenoxy) is 1. The van der Waals surface area contributed by atoms with Gasteiger partial charge in [0, 0.05) is 18.3 Å². The first-order valence-electron chi connectivity index (χ1n) is 11.7. The normalized spacial score (nSPS) is 52.6. The van der Waals surface area contributed by atoms with Crippen LogP contribution in [-0.4, -0.2) is 18.0 Å². The van der Waals surface area contributed by atoms with Gasteiger partial charge in [0.1, 0.15) is 5.78 Å². The van der Waals surface area contributed by atoms with Crippen LogP contribution in [0.15, 0.2) is 23.3 Å². The molecule has 6 unspecified atom stereocenters. The average molecular weight is 367 g/mol. The van der Waals surface area contributed by atoms with E-state index in [0.717, 1.165) is 61.4 Å². The number of carbonyl (C=O) groups excluding carboxylic acids is 1. The van der Waals surface area contributed by atoms with Gasteiger partial charge in [-0.1, -0.05) is 43.6 Å². The third-order valence-electron chi connectivity index (χ3n) is 10.0. The molecular formula is C25H34O2. The van der Waals surface area contributed by atoms with Crippen LogP contribution in [0, 0.1) is 40.9 Å². The Morgan fingerprint density at radius 1 is 1.26 bits per heavy atom. The second kappa shape index (κ2) is 5.59. The molecule has 0 saturated heterocycles. The Hall–Kier alpha value is -0.890. The van der Waals surface area contributed by atoms with Crippen molar-refractivity contribution in [1.82, 2.24) is 0 Å². The molecule has 0 aromatic carbocycles. The van der Waals surface area contributed by atoms with Gasteiger partial charge in [0.2, 0.25) is 0 Å². The summed E-state index contributed by atoms with van der Waals surface area (Å²) in [6.07, 6.45) is 15.4. The van der Waals surface area contributed by atoms with Crippen LogP contribution in [0.25, 0.3) is 0 Å². The molecule has 146 valence electrons. The van der Waals surface area contributed by atoms with Crippen molar-refractivity contribution >= 4 is 5.78 Å². The lowest BCUT2D eigenvalue weighted by atomic mass is 9.47. The van der Waals surface area contributed by atoms with E-state index in [1.54, 1.807) is 11.1 Å². The van der Waals surface area contributed by atoms with Gasteiger partial charge in [-0.2, -0.15) is 0 Å². The lowest BCUT2D eigenvalue weighted by molar-refractivity contribution is -0.141. The highest BCUT2D eigenvalue weighted by Crippen LogP contribution is 2.78. The van der Waals surface area contributed by atoms with Crippen LogP contribution in [-0.2, 0) is 9.53 Å². The minimum Gasteiger partial charge on any atom is -0.366 e. The summed E-state index contributed by atoms with van der Waals surface area (Å²) >= 11 is 0. The van der Waals surface area contributed by atoms with E-state index in [9.17, 15) is 4.79 Å². The smallest absolute Gasteiger partial charge is 0.137 e. The molecule has 27 heavy (non-hydrogen) atoms. The monoisotopic (exact) mass is 366 g/mol. The molecule has 6 rings (SSSR count). The van der Waals surface area contributed by atoms with Crippen LogP contribution in [0.2, 0.25) is 0 Å². The minimum absolute atomic E-state index is 0.0670. The molecule has 3 saturated carbocycles. The van der Waals surface area contributed by atoms with Gasteiger partial charge >= 0.3 is 0 Å². The average Bonchev–Trinajstić information content (AvgIpc) is 3.26. The van der Waals surface area contributed by atoms with Gasteiger partial charge in [0.05, 0.1) is 12.2 Å². The van der Waals surface area contributed by atoms with Gasteiger partial charge < -0.3 is 4.74 Å². The zero-order chi connectivity index (χ0) is 18.4. The van der Waals surface area contributed by atoms with E-state index >= 15 is 0 Å². The van der Waals surface area contributed by atoms with Crippen LogP contribution in [0.3, 0.4) is 0 Å². The Morgan fingerprint density at radius 3 is 2.89 bits per heavy atom. The Labute approximate surface area is 163 Å². The third kappa shape index (κ3) is 1.94. The number of allylic oxidation sites excluding steroid dienone is 2. The van der Waals surface area contributed by atoms with Crippen molar-refractivity contribution in [2.45, 2.75) is 77.2 Å². The van der Waals surface area contributed by atoms with Gasteiger partial charge in [-0.05, 0) is 74.0 Å². The molecule has 0 N–H and O–H groups in total. The fourth-order valence-electron chi connectivity index (χ4n) is 9.14. The highest BCUT2D eigenvalue weighted by atomic mass is 16.5. The van der Waals surface area contributed by atoms with Crippen LogP contribution >= 0.6 is 0 Å². The fraction of sp³-hybridized carbons (Fsp3) is 0.800. The first-order chi connectivity index (χ1) is 13.1. The van der Waals surface area contributed by atoms with E-state index in [4.69, 9.17) is 4.74 Å². The maximum absolute atomic E-state index is 12.1. The minimum atomic E-state index is 0.0670. The quantitative estimate of drug-likeness (QED) is 0.605. The predicted molar refractivity (Wildman–Crippen MR) is 106 cm³/mol. The Kier molecular flexibility index (Phi) is 3.52. The zero-order valence-electron chi connectivity index (χ0n) is 17.0. The van der Waals surface area contributed by atoms with Gasteiger partial charge in [-0.25, -0.2) is 0 Å². The molecule has 3 fully saturated rings. The maximum atomic E-state index is 12.1. The first kappa shape index (κ1) is 17.0. The summed E-state index contributed by atoms with van der Waals surface area (Å²) < 4.78 is 6.62. The van der Waals surface area contributed by atoms with Crippen molar-refractivity contribution in [3.05, 3.63) is 23.3 Å². The third-order valence-corrected chi connectivity index (χ3v) is 10.0. The van der Waals surface area contributed by atoms with Crippen molar-refractivity contribution in [3.63, 3.8) is 0 Å². The molecule has 0 aromatic heterocycles. The molecule has 1 heterocycles. The van der Waals surface area contributed by atoms with E-state index < -0.39 is 0 Å². The van der Waals surface area contributed by atoms with Crippen LogP contribution in [0.1, 0.15) is 71.6 Å². The van der Waals surface area contributed by atoms with Crippen molar-refractivity contribution in [1.29, 1.82) is 0 Å². The number of fused-ring (bicyclic) bond motifs is 8. The Bertz CT molecular complexity index is 747. The van der Waals surface area contributed by atoms with Crippen molar-refractivity contribution in [3.8, 4) is 0 Å². The molecule has 0 bridgehead atoms. The summed E-state index contributed by atoms with van der Waals surface area (Å²) in [5, 5.41) is 0. The zero-order valence-corrected chi connectivity index (χ0v) is 17.0. The summed E-state index contributed by atoms with van der Waals surface area (Å²) in [6.45, 7) is 5.69. The topological polar surface area (TPSA) is 26.3 Å². The van der Waals surface area contributed by atoms with E-state index in [2.05, 4.69) is 26.0 Å². The lowest BCUT2D eigenvalue weighted by Crippen LogP contribution is -2.56. The van der Waals surface area contributed by atoms with E-state index in [1.807, 2.05) is 0 Å². The molecule has 1 spiro atoms.